The normalized spacial score (nSPS) is 10.2. The number of esters is 1. The monoisotopic (exact) mass is 231 g/mol. The molecule has 0 bridgehead atoms. The van der Waals surface area contributed by atoms with E-state index in [-0.39, 0.29) is 5.97 Å². The molecule has 2 aromatic rings. The molecule has 0 radical (unpaired) electrons. The van der Waals surface area contributed by atoms with E-state index in [1.807, 2.05) is 47.3 Å². The van der Waals surface area contributed by atoms with Crippen molar-refractivity contribution in [2.75, 3.05) is 7.11 Å². The van der Waals surface area contributed by atoms with Gasteiger partial charge in [-0.05, 0) is 12.1 Å². The summed E-state index contributed by atoms with van der Waals surface area (Å²) >= 11 is 0. The van der Waals surface area contributed by atoms with E-state index in [4.69, 9.17) is 0 Å². The van der Waals surface area contributed by atoms with Gasteiger partial charge in [0.2, 0.25) is 0 Å². The van der Waals surface area contributed by atoms with Crippen LogP contribution >= 0.6 is 0 Å². The summed E-state index contributed by atoms with van der Waals surface area (Å²) in [5, 5.41) is 0. The molecule has 0 spiro atoms. The highest BCUT2D eigenvalue weighted by Crippen LogP contribution is 2.11. The Labute approximate surface area is 99.9 Å². The summed E-state index contributed by atoms with van der Waals surface area (Å²) in [5.74, 6) is 0.798. The second-order valence-electron chi connectivity index (χ2n) is 3.69. The van der Waals surface area contributed by atoms with E-state index in [1.165, 1.54) is 7.11 Å². The maximum absolute atomic E-state index is 11.1. The van der Waals surface area contributed by atoms with Gasteiger partial charge in [0.05, 0.1) is 19.1 Å². The van der Waals surface area contributed by atoms with Crippen molar-refractivity contribution >= 4 is 5.97 Å². The lowest BCUT2D eigenvalue weighted by atomic mass is 10.2. The van der Waals surface area contributed by atoms with Gasteiger partial charge in [0, 0.05) is 0 Å². The van der Waals surface area contributed by atoms with Crippen LogP contribution < -0.4 is 4.57 Å². The molecule has 88 valence electrons. The van der Waals surface area contributed by atoms with Gasteiger partial charge in [0.25, 0.3) is 5.82 Å². The first-order valence-corrected chi connectivity index (χ1v) is 5.50. The van der Waals surface area contributed by atoms with Crippen molar-refractivity contribution in [1.82, 2.24) is 4.98 Å². The number of aromatic amines is 1. The zero-order chi connectivity index (χ0) is 12.1. The number of carbonyl (C=O) groups excluding carboxylic acids is 1. The van der Waals surface area contributed by atoms with E-state index < -0.39 is 0 Å². The van der Waals surface area contributed by atoms with Crippen LogP contribution in [0.1, 0.15) is 6.42 Å². The number of imidazole rings is 1. The van der Waals surface area contributed by atoms with Crippen molar-refractivity contribution in [2.24, 2.45) is 0 Å². The number of nitrogens with zero attached hydrogens (tertiary/aromatic N) is 1. The Hall–Kier alpha value is -2.10. The first kappa shape index (κ1) is 11.4. The minimum atomic E-state index is -0.197. The molecule has 1 aromatic carbocycles. The smallest absolute Gasteiger partial charge is 0.309 e. The Morgan fingerprint density at radius 2 is 2.12 bits per heavy atom. The molecule has 0 amide bonds. The largest absolute Gasteiger partial charge is 0.469 e. The van der Waals surface area contributed by atoms with E-state index in [9.17, 15) is 4.79 Å². The van der Waals surface area contributed by atoms with Gasteiger partial charge in [-0.2, -0.15) is 0 Å². The number of hydrogen-bond donors (Lipinski definition) is 1. The molecular weight excluding hydrogens is 216 g/mol. The lowest BCUT2D eigenvalue weighted by Crippen LogP contribution is -2.35. The molecule has 0 fully saturated rings. The zero-order valence-corrected chi connectivity index (χ0v) is 9.72. The van der Waals surface area contributed by atoms with Gasteiger partial charge in [-0.1, -0.05) is 18.2 Å². The Bertz CT molecular complexity index is 491. The fraction of sp³-hybridized carbons (Fsp3) is 0.231. The van der Waals surface area contributed by atoms with Crippen LogP contribution in [-0.2, 0) is 16.1 Å². The Morgan fingerprint density at radius 1 is 1.35 bits per heavy atom. The molecule has 1 heterocycles. The summed E-state index contributed by atoms with van der Waals surface area (Å²) in [4.78, 5) is 14.3. The first-order chi connectivity index (χ1) is 8.31. The highest BCUT2D eigenvalue weighted by atomic mass is 16.5. The van der Waals surface area contributed by atoms with Crippen molar-refractivity contribution in [3.05, 3.63) is 42.7 Å². The number of benzene rings is 1. The van der Waals surface area contributed by atoms with Crippen LogP contribution in [0, 0.1) is 0 Å². The SMILES string of the molecule is COC(=O)CC[n+]1cc[nH]c1-c1ccccc1. The Kier molecular flexibility index (Phi) is 3.55. The third kappa shape index (κ3) is 2.72. The zero-order valence-electron chi connectivity index (χ0n) is 9.72. The van der Waals surface area contributed by atoms with Crippen LogP contribution in [0.3, 0.4) is 0 Å². The second-order valence-corrected chi connectivity index (χ2v) is 3.69. The van der Waals surface area contributed by atoms with Gasteiger partial charge in [0.1, 0.15) is 18.9 Å². The molecule has 4 heteroatoms. The van der Waals surface area contributed by atoms with Gasteiger partial charge >= 0.3 is 5.97 Å². The predicted octanol–water partition coefficient (Wildman–Crippen LogP) is 1.53. The molecule has 1 N–H and O–H groups in total. The number of methoxy groups -OCH3 is 1. The van der Waals surface area contributed by atoms with Crippen molar-refractivity contribution in [1.29, 1.82) is 0 Å². The number of hydrogen-bond acceptors (Lipinski definition) is 2. The third-order valence-corrected chi connectivity index (χ3v) is 2.59. The minimum absolute atomic E-state index is 0.197. The lowest BCUT2D eigenvalue weighted by molar-refractivity contribution is -0.683. The number of aromatic nitrogens is 2. The predicted molar refractivity (Wildman–Crippen MR) is 63.1 cm³/mol. The van der Waals surface area contributed by atoms with Crippen molar-refractivity contribution in [3.63, 3.8) is 0 Å². The van der Waals surface area contributed by atoms with Gasteiger partial charge in [-0.15, -0.1) is 0 Å². The molecule has 0 unspecified atom stereocenters. The Balaban J connectivity index is 2.15. The summed E-state index contributed by atoms with van der Waals surface area (Å²) in [6.45, 7) is 0.612. The number of carbonyl (C=O) groups is 1. The molecule has 0 saturated carbocycles. The molecule has 0 aliphatic rings. The molecule has 0 atom stereocenters. The van der Waals surface area contributed by atoms with Gasteiger partial charge < -0.3 is 4.74 Å². The average molecular weight is 231 g/mol. The summed E-state index contributed by atoms with van der Waals surface area (Å²) in [6.07, 6.45) is 4.16. The van der Waals surface area contributed by atoms with E-state index in [1.54, 1.807) is 0 Å². The quantitative estimate of drug-likeness (QED) is 0.640. The van der Waals surface area contributed by atoms with Crippen molar-refractivity contribution in [2.45, 2.75) is 13.0 Å². The van der Waals surface area contributed by atoms with Gasteiger partial charge in [-0.25, -0.2) is 9.55 Å². The van der Waals surface area contributed by atoms with Crippen molar-refractivity contribution in [3.8, 4) is 11.4 Å². The highest BCUT2D eigenvalue weighted by molar-refractivity contribution is 5.68. The topological polar surface area (TPSA) is 46.0 Å². The highest BCUT2D eigenvalue weighted by Gasteiger charge is 2.13. The van der Waals surface area contributed by atoms with E-state index in [0.717, 1.165) is 11.4 Å². The Morgan fingerprint density at radius 3 is 2.82 bits per heavy atom. The first-order valence-electron chi connectivity index (χ1n) is 5.50. The molecule has 4 nitrogen and oxygen atoms in total. The molecular formula is C13H15N2O2+. The van der Waals surface area contributed by atoms with Gasteiger partial charge in [0.15, 0.2) is 0 Å². The second kappa shape index (κ2) is 5.30. The van der Waals surface area contributed by atoms with E-state index in [2.05, 4.69) is 9.72 Å². The third-order valence-electron chi connectivity index (χ3n) is 2.59. The van der Waals surface area contributed by atoms with Crippen LogP contribution in [0.2, 0.25) is 0 Å². The van der Waals surface area contributed by atoms with Crippen LogP contribution in [-0.4, -0.2) is 18.1 Å². The molecule has 0 aliphatic heterocycles. The summed E-state index contributed by atoms with van der Waals surface area (Å²) in [5.41, 5.74) is 1.10. The molecule has 1 aromatic heterocycles. The summed E-state index contributed by atoms with van der Waals surface area (Å²) in [7, 11) is 1.40. The van der Waals surface area contributed by atoms with Crippen LogP contribution in [0.5, 0.6) is 0 Å². The minimum Gasteiger partial charge on any atom is -0.469 e. The maximum atomic E-state index is 11.1. The maximum Gasteiger partial charge on any atom is 0.309 e. The fourth-order valence-corrected chi connectivity index (χ4v) is 1.71. The van der Waals surface area contributed by atoms with E-state index >= 15 is 0 Å². The molecule has 0 saturated heterocycles. The molecule has 2 rings (SSSR count). The van der Waals surface area contributed by atoms with Gasteiger partial charge in [-0.3, -0.25) is 4.79 Å². The standard InChI is InChI=1S/C13H14N2O2/c1-17-12(16)7-9-15-10-8-14-13(15)11-5-3-2-4-6-11/h2-6,8,10H,7,9H2,1H3/p+1. The summed E-state index contributed by atoms with van der Waals surface area (Å²) < 4.78 is 6.64. The van der Waals surface area contributed by atoms with Crippen molar-refractivity contribution < 1.29 is 14.1 Å². The van der Waals surface area contributed by atoms with Crippen LogP contribution in [0.4, 0.5) is 0 Å². The number of H-pyrrole nitrogens is 1. The van der Waals surface area contributed by atoms with E-state index in [0.29, 0.717) is 13.0 Å². The number of rotatable bonds is 4. The fourth-order valence-electron chi connectivity index (χ4n) is 1.71. The van der Waals surface area contributed by atoms with Crippen LogP contribution in [0.15, 0.2) is 42.7 Å². The average Bonchev–Trinajstić information content (AvgIpc) is 2.85. The molecule has 17 heavy (non-hydrogen) atoms. The molecule has 0 aliphatic carbocycles. The lowest BCUT2D eigenvalue weighted by Gasteiger charge is -2.00. The van der Waals surface area contributed by atoms with Crippen LogP contribution in [0.25, 0.3) is 11.4 Å². The summed E-state index contributed by atoms with van der Waals surface area (Å²) in [6, 6.07) is 10.0. The number of ether oxygens (including phenoxy) is 1. The number of aryl methyl sites for hydroxylation is 1. The number of nitrogens with one attached hydrogen (secondary N) is 1.